The van der Waals surface area contributed by atoms with Crippen LogP contribution in [0.3, 0.4) is 0 Å². The van der Waals surface area contributed by atoms with E-state index in [0.717, 1.165) is 5.71 Å². The number of hydrogen-bond acceptors (Lipinski definition) is 2. The van der Waals surface area contributed by atoms with E-state index < -0.39 is 0 Å². The minimum atomic E-state index is 0.552. The molecule has 1 fully saturated rings. The van der Waals surface area contributed by atoms with Crippen molar-refractivity contribution in [2.24, 2.45) is 5.10 Å². The van der Waals surface area contributed by atoms with Gasteiger partial charge in [-0.05, 0) is 38.9 Å². The number of hydrogen-bond donors (Lipinski definition) is 2. The first-order valence-corrected chi connectivity index (χ1v) is 5.66. The molecular formula is C10H19N3S. The molecule has 0 amide bonds. The maximum absolute atomic E-state index is 5.12. The molecule has 1 rings (SSSR count). The normalized spacial score (nSPS) is 17.3. The predicted molar refractivity (Wildman–Crippen MR) is 64.5 cm³/mol. The van der Waals surface area contributed by atoms with Crippen LogP contribution in [0, 0.1) is 0 Å². The van der Waals surface area contributed by atoms with Gasteiger partial charge in [0.1, 0.15) is 0 Å². The fraction of sp³-hybridized carbons (Fsp3) is 0.800. The highest BCUT2D eigenvalue weighted by atomic mass is 32.1. The largest absolute Gasteiger partial charge is 0.359 e. The molecule has 4 heteroatoms. The molecule has 0 aromatic rings. The van der Waals surface area contributed by atoms with Gasteiger partial charge in [-0.1, -0.05) is 19.3 Å². The van der Waals surface area contributed by atoms with E-state index in [0.29, 0.717) is 11.2 Å². The molecule has 0 aliphatic heterocycles. The third-order valence-electron chi connectivity index (χ3n) is 2.32. The minimum absolute atomic E-state index is 0.552. The summed E-state index contributed by atoms with van der Waals surface area (Å²) >= 11 is 5.12. The first-order chi connectivity index (χ1) is 6.68. The van der Waals surface area contributed by atoms with E-state index in [1.807, 2.05) is 13.8 Å². The molecular weight excluding hydrogens is 194 g/mol. The predicted octanol–water partition coefficient (Wildman–Crippen LogP) is 2.18. The molecule has 0 aromatic carbocycles. The molecule has 3 nitrogen and oxygen atoms in total. The van der Waals surface area contributed by atoms with Crippen molar-refractivity contribution in [3.05, 3.63) is 0 Å². The highest BCUT2D eigenvalue weighted by Crippen LogP contribution is 2.17. The summed E-state index contributed by atoms with van der Waals surface area (Å²) in [6, 6.07) is 0.552. The average molecular weight is 213 g/mol. The molecule has 0 saturated heterocycles. The molecule has 2 N–H and O–H groups in total. The molecule has 0 unspecified atom stereocenters. The second-order valence-electron chi connectivity index (χ2n) is 3.98. The highest BCUT2D eigenvalue weighted by molar-refractivity contribution is 7.80. The van der Waals surface area contributed by atoms with Crippen LogP contribution in [-0.2, 0) is 0 Å². The maximum Gasteiger partial charge on any atom is 0.187 e. The Hall–Kier alpha value is -0.640. The van der Waals surface area contributed by atoms with Crippen molar-refractivity contribution in [3.63, 3.8) is 0 Å². The van der Waals surface area contributed by atoms with Crippen LogP contribution < -0.4 is 10.7 Å². The summed E-state index contributed by atoms with van der Waals surface area (Å²) in [4.78, 5) is 0. The zero-order chi connectivity index (χ0) is 10.4. The van der Waals surface area contributed by atoms with Crippen LogP contribution in [0.2, 0.25) is 0 Å². The van der Waals surface area contributed by atoms with E-state index >= 15 is 0 Å². The van der Waals surface area contributed by atoms with Gasteiger partial charge < -0.3 is 5.32 Å². The number of hydrazone groups is 1. The van der Waals surface area contributed by atoms with Gasteiger partial charge in [0, 0.05) is 11.8 Å². The monoisotopic (exact) mass is 213 g/mol. The van der Waals surface area contributed by atoms with Gasteiger partial charge in [0.15, 0.2) is 5.11 Å². The van der Waals surface area contributed by atoms with Gasteiger partial charge >= 0.3 is 0 Å². The van der Waals surface area contributed by atoms with Crippen LogP contribution in [0.4, 0.5) is 0 Å². The highest BCUT2D eigenvalue weighted by Gasteiger charge is 2.13. The topological polar surface area (TPSA) is 36.4 Å². The van der Waals surface area contributed by atoms with Crippen LogP contribution in [0.15, 0.2) is 5.10 Å². The quantitative estimate of drug-likeness (QED) is 0.419. The number of nitrogens with one attached hydrogen (secondary N) is 2. The first kappa shape index (κ1) is 11.4. The summed E-state index contributed by atoms with van der Waals surface area (Å²) in [5.74, 6) is 0. The van der Waals surface area contributed by atoms with Gasteiger partial charge in [-0.2, -0.15) is 5.10 Å². The minimum Gasteiger partial charge on any atom is -0.359 e. The fourth-order valence-electron chi connectivity index (χ4n) is 1.63. The van der Waals surface area contributed by atoms with Crippen LogP contribution >= 0.6 is 12.2 Å². The van der Waals surface area contributed by atoms with E-state index in [-0.39, 0.29) is 0 Å². The Morgan fingerprint density at radius 3 is 2.43 bits per heavy atom. The van der Waals surface area contributed by atoms with Crippen molar-refractivity contribution in [3.8, 4) is 0 Å². The lowest BCUT2D eigenvalue weighted by atomic mass is 9.96. The van der Waals surface area contributed by atoms with Gasteiger partial charge in [0.05, 0.1) is 0 Å². The van der Waals surface area contributed by atoms with E-state index in [1.165, 1.54) is 32.1 Å². The van der Waals surface area contributed by atoms with Crippen LogP contribution in [-0.4, -0.2) is 16.9 Å². The van der Waals surface area contributed by atoms with E-state index in [1.54, 1.807) is 0 Å². The van der Waals surface area contributed by atoms with Gasteiger partial charge in [-0.25, -0.2) is 0 Å². The van der Waals surface area contributed by atoms with Crippen molar-refractivity contribution in [1.29, 1.82) is 0 Å². The first-order valence-electron chi connectivity index (χ1n) is 5.26. The molecule has 1 aliphatic rings. The second-order valence-corrected chi connectivity index (χ2v) is 4.39. The fourth-order valence-corrected chi connectivity index (χ4v) is 1.84. The van der Waals surface area contributed by atoms with Crippen molar-refractivity contribution < 1.29 is 0 Å². The Morgan fingerprint density at radius 1 is 1.21 bits per heavy atom. The lowest BCUT2D eigenvalue weighted by Gasteiger charge is -2.23. The smallest absolute Gasteiger partial charge is 0.187 e. The summed E-state index contributed by atoms with van der Waals surface area (Å²) in [6.07, 6.45) is 6.46. The molecule has 80 valence electrons. The van der Waals surface area contributed by atoms with E-state index in [2.05, 4.69) is 15.8 Å². The molecule has 0 atom stereocenters. The van der Waals surface area contributed by atoms with Crippen LogP contribution in [0.5, 0.6) is 0 Å². The Bertz CT molecular complexity index is 215. The third-order valence-corrected chi connectivity index (χ3v) is 2.53. The number of rotatable bonds is 2. The van der Waals surface area contributed by atoms with Crippen LogP contribution in [0.25, 0.3) is 0 Å². The third kappa shape index (κ3) is 4.56. The summed E-state index contributed by atoms with van der Waals surface area (Å²) in [5.41, 5.74) is 3.82. The molecule has 0 heterocycles. The van der Waals surface area contributed by atoms with E-state index in [9.17, 15) is 0 Å². The molecule has 0 bridgehead atoms. The SMILES string of the molecule is CC(C)=NNC(=S)NC1CCCCC1. The molecule has 1 aliphatic carbocycles. The standard InChI is InChI=1S/C10H19N3S/c1-8(2)12-13-10(14)11-9-6-4-3-5-7-9/h9H,3-7H2,1-2H3,(H2,11,13,14). The molecule has 0 aromatic heterocycles. The molecule has 0 spiro atoms. The van der Waals surface area contributed by atoms with Gasteiger partial charge in [-0.3, -0.25) is 5.43 Å². The molecule has 0 radical (unpaired) electrons. The maximum atomic E-state index is 5.12. The van der Waals surface area contributed by atoms with Gasteiger partial charge in [0.25, 0.3) is 0 Å². The summed E-state index contributed by atoms with van der Waals surface area (Å²) in [7, 11) is 0. The number of thiocarbonyl (C=S) groups is 1. The van der Waals surface area contributed by atoms with Gasteiger partial charge in [-0.15, -0.1) is 0 Å². The average Bonchev–Trinajstić information content (AvgIpc) is 2.16. The van der Waals surface area contributed by atoms with Crippen molar-refractivity contribution in [2.75, 3.05) is 0 Å². The molecule has 1 saturated carbocycles. The van der Waals surface area contributed by atoms with Gasteiger partial charge in [0.2, 0.25) is 0 Å². The Labute approximate surface area is 91.3 Å². The number of nitrogens with zero attached hydrogens (tertiary/aromatic N) is 1. The zero-order valence-corrected chi connectivity index (χ0v) is 9.78. The van der Waals surface area contributed by atoms with Crippen molar-refractivity contribution >= 4 is 23.0 Å². The second kappa shape index (κ2) is 5.96. The summed E-state index contributed by atoms with van der Waals surface area (Å²) in [5, 5.41) is 7.99. The van der Waals surface area contributed by atoms with Crippen molar-refractivity contribution in [2.45, 2.75) is 52.0 Å². The summed E-state index contributed by atoms with van der Waals surface area (Å²) in [6.45, 7) is 3.88. The Morgan fingerprint density at radius 2 is 1.86 bits per heavy atom. The van der Waals surface area contributed by atoms with Crippen molar-refractivity contribution in [1.82, 2.24) is 10.7 Å². The lowest BCUT2D eigenvalue weighted by Crippen LogP contribution is -2.41. The molecule has 14 heavy (non-hydrogen) atoms. The zero-order valence-electron chi connectivity index (χ0n) is 8.97. The van der Waals surface area contributed by atoms with Crippen LogP contribution in [0.1, 0.15) is 46.0 Å². The summed E-state index contributed by atoms with van der Waals surface area (Å²) < 4.78 is 0. The van der Waals surface area contributed by atoms with E-state index in [4.69, 9.17) is 12.2 Å². The lowest BCUT2D eigenvalue weighted by molar-refractivity contribution is 0.412. The Kier molecular flexibility index (Phi) is 4.87. The Balaban J connectivity index is 2.22.